The highest BCUT2D eigenvalue weighted by atomic mass is 19.4. The van der Waals surface area contributed by atoms with Gasteiger partial charge in [-0.25, -0.2) is 0 Å². The number of nitro groups is 1. The molecule has 0 aliphatic rings. The third kappa shape index (κ3) is 3.61. The first-order valence-electron chi connectivity index (χ1n) is 4.69. The summed E-state index contributed by atoms with van der Waals surface area (Å²) in [5.74, 6) is -0.520. The van der Waals surface area contributed by atoms with Crippen molar-refractivity contribution in [2.24, 2.45) is 7.05 Å². The summed E-state index contributed by atoms with van der Waals surface area (Å²) in [5.41, 5.74) is 0. The van der Waals surface area contributed by atoms with Gasteiger partial charge in [-0.15, -0.1) is 0 Å². The molecule has 1 atom stereocenters. The maximum atomic E-state index is 12.1. The van der Waals surface area contributed by atoms with Crippen molar-refractivity contribution in [2.75, 3.05) is 5.32 Å². The molecule has 0 amide bonds. The molecule has 17 heavy (non-hydrogen) atoms. The molecule has 96 valence electrons. The summed E-state index contributed by atoms with van der Waals surface area (Å²) in [6.07, 6.45) is -4.23. The maximum Gasteiger partial charge on any atom is 0.406 e. The van der Waals surface area contributed by atoms with E-state index in [1.807, 2.05) is 0 Å². The Hall–Kier alpha value is -1.80. The highest BCUT2D eigenvalue weighted by Gasteiger charge is 2.31. The number of aromatic nitrogens is 2. The molecule has 1 aromatic heterocycles. The average Bonchev–Trinajstić information content (AvgIpc) is 2.44. The van der Waals surface area contributed by atoms with Crippen molar-refractivity contribution in [2.45, 2.75) is 25.6 Å². The smallest absolute Gasteiger partial charge is 0.361 e. The fraction of sp³-hybridized carbons (Fsp3) is 0.625. The lowest BCUT2D eigenvalue weighted by atomic mass is 10.2. The Morgan fingerprint density at radius 1 is 1.65 bits per heavy atom. The van der Waals surface area contributed by atoms with Crippen LogP contribution in [0.15, 0.2) is 6.33 Å². The van der Waals surface area contributed by atoms with Crippen LogP contribution < -0.4 is 5.32 Å². The van der Waals surface area contributed by atoms with Crippen molar-refractivity contribution < 1.29 is 18.1 Å². The molecule has 1 rings (SSSR count). The van der Waals surface area contributed by atoms with Crippen LogP contribution >= 0.6 is 0 Å². The van der Waals surface area contributed by atoms with Crippen LogP contribution in [0.4, 0.5) is 24.8 Å². The lowest BCUT2D eigenvalue weighted by Gasteiger charge is -2.16. The Balaban J connectivity index is 2.81. The lowest BCUT2D eigenvalue weighted by Crippen LogP contribution is -2.25. The normalized spacial score (nSPS) is 13.5. The van der Waals surface area contributed by atoms with Crippen LogP contribution in [0.3, 0.4) is 0 Å². The predicted octanol–water partition coefficient (Wildman–Crippen LogP) is 2.08. The molecular weight excluding hydrogens is 241 g/mol. The number of rotatable bonds is 4. The Labute approximate surface area is 94.6 Å². The van der Waals surface area contributed by atoms with Gasteiger partial charge in [0.15, 0.2) is 0 Å². The Bertz CT molecular complexity index is 415. The van der Waals surface area contributed by atoms with Crippen LogP contribution in [-0.4, -0.2) is 26.7 Å². The topological polar surface area (TPSA) is 73.0 Å². The van der Waals surface area contributed by atoms with Gasteiger partial charge < -0.3 is 15.4 Å². The van der Waals surface area contributed by atoms with E-state index in [2.05, 4.69) is 10.3 Å². The van der Waals surface area contributed by atoms with Crippen LogP contribution in [0.25, 0.3) is 0 Å². The van der Waals surface area contributed by atoms with E-state index in [9.17, 15) is 23.3 Å². The largest absolute Gasteiger partial charge is 0.406 e. The van der Waals surface area contributed by atoms with Gasteiger partial charge in [0.05, 0.1) is 6.42 Å². The summed E-state index contributed by atoms with van der Waals surface area (Å²) in [6, 6.07) is -0.968. The van der Waals surface area contributed by atoms with Gasteiger partial charge in [0.2, 0.25) is 12.1 Å². The first kappa shape index (κ1) is 13.3. The molecule has 0 aliphatic carbocycles. The van der Waals surface area contributed by atoms with Crippen molar-refractivity contribution in [1.82, 2.24) is 9.55 Å². The fourth-order valence-electron chi connectivity index (χ4n) is 1.35. The molecule has 0 saturated heterocycles. The first-order chi connectivity index (χ1) is 7.70. The van der Waals surface area contributed by atoms with E-state index in [4.69, 9.17) is 0 Å². The molecule has 9 heteroatoms. The number of hydrogen-bond donors (Lipinski definition) is 1. The van der Waals surface area contributed by atoms with Crippen molar-refractivity contribution in [3.05, 3.63) is 16.4 Å². The summed E-state index contributed by atoms with van der Waals surface area (Å²) < 4.78 is 37.6. The van der Waals surface area contributed by atoms with Gasteiger partial charge in [-0.3, -0.25) is 4.57 Å². The second kappa shape index (κ2) is 4.60. The SMILES string of the molecule is CC(CC(F)(F)F)Nc1c([N+](=O)[O-])ncn1C. The molecule has 1 unspecified atom stereocenters. The van der Waals surface area contributed by atoms with Crippen molar-refractivity contribution in [3.8, 4) is 0 Å². The molecule has 0 spiro atoms. The van der Waals surface area contributed by atoms with Gasteiger partial charge in [-0.1, -0.05) is 0 Å². The van der Waals surface area contributed by atoms with Crippen LogP contribution in [0, 0.1) is 10.1 Å². The quantitative estimate of drug-likeness (QED) is 0.657. The third-order valence-electron chi connectivity index (χ3n) is 2.01. The van der Waals surface area contributed by atoms with Gasteiger partial charge in [-0.05, 0) is 16.8 Å². The van der Waals surface area contributed by atoms with Crippen LogP contribution in [0.2, 0.25) is 0 Å². The zero-order valence-corrected chi connectivity index (χ0v) is 9.15. The molecule has 0 aromatic carbocycles. The molecule has 1 N–H and O–H groups in total. The number of hydrogen-bond acceptors (Lipinski definition) is 4. The minimum absolute atomic E-state index is 0.0354. The van der Waals surface area contributed by atoms with E-state index < -0.39 is 29.4 Å². The van der Waals surface area contributed by atoms with E-state index in [1.54, 1.807) is 0 Å². The molecule has 1 heterocycles. The number of alkyl halides is 3. The number of anilines is 1. The molecule has 1 aromatic rings. The lowest BCUT2D eigenvalue weighted by molar-refractivity contribution is -0.388. The van der Waals surface area contributed by atoms with Gasteiger partial charge in [0, 0.05) is 13.1 Å². The minimum atomic E-state index is -4.32. The van der Waals surface area contributed by atoms with Crippen molar-refractivity contribution in [1.29, 1.82) is 0 Å². The van der Waals surface area contributed by atoms with E-state index in [-0.39, 0.29) is 5.82 Å². The Morgan fingerprint density at radius 2 is 2.24 bits per heavy atom. The minimum Gasteiger partial charge on any atom is -0.361 e. The van der Waals surface area contributed by atoms with E-state index in [1.165, 1.54) is 24.9 Å². The van der Waals surface area contributed by atoms with Gasteiger partial charge in [-0.2, -0.15) is 13.2 Å². The summed E-state index contributed by atoms with van der Waals surface area (Å²) >= 11 is 0. The summed E-state index contributed by atoms with van der Waals surface area (Å²) in [5, 5.41) is 13.0. The van der Waals surface area contributed by atoms with Crippen LogP contribution in [0.5, 0.6) is 0 Å². The van der Waals surface area contributed by atoms with Crippen molar-refractivity contribution >= 4 is 11.6 Å². The highest BCUT2D eigenvalue weighted by molar-refractivity contribution is 5.52. The third-order valence-corrected chi connectivity index (χ3v) is 2.01. The number of halogens is 3. The molecular formula is C8H11F3N4O2. The van der Waals surface area contributed by atoms with Gasteiger partial charge in [0.1, 0.15) is 0 Å². The zero-order chi connectivity index (χ0) is 13.2. The fourth-order valence-corrected chi connectivity index (χ4v) is 1.35. The molecule has 0 bridgehead atoms. The van der Waals surface area contributed by atoms with Crippen LogP contribution in [-0.2, 0) is 7.05 Å². The monoisotopic (exact) mass is 252 g/mol. The summed E-state index contributed by atoms with van der Waals surface area (Å²) in [7, 11) is 1.46. The molecule has 0 saturated carbocycles. The molecule has 0 aliphatic heterocycles. The standard InChI is InChI=1S/C8H11F3N4O2/c1-5(3-8(9,10)11)13-7-6(15(16)17)12-4-14(7)2/h4-5,13H,3H2,1-2H3. The van der Waals surface area contributed by atoms with Gasteiger partial charge >= 0.3 is 12.0 Å². The second-order valence-corrected chi connectivity index (χ2v) is 3.65. The Kier molecular flexibility index (Phi) is 3.59. The highest BCUT2D eigenvalue weighted by Crippen LogP contribution is 2.26. The molecule has 0 fully saturated rings. The number of nitrogens with zero attached hydrogens (tertiary/aromatic N) is 3. The number of imidazole rings is 1. The summed E-state index contributed by atoms with van der Waals surface area (Å²) in [6.45, 7) is 1.30. The van der Waals surface area contributed by atoms with E-state index in [0.29, 0.717) is 0 Å². The first-order valence-corrected chi connectivity index (χ1v) is 4.69. The van der Waals surface area contributed by atoms with Gasteiger partial charge in [0.25, 0.3) is 0 Å². The average molecular weight is 252 g/mol. The van der Waals surface area contributed by atoms with Crippen molar-refractivity contribution in [3.63, 3.8) is 0 Å². The second-order valence-electron chi connectivity index (χ2n) is 3.65. The van der Waals surface area contributed by atoms with E-state index >= 15 is 0 Å². The maximum absolute atomic E-state index is 12.1. The Morgan fingerprint density at radius 3 is 2.71 bits per heavy atom. The van der Waals surface area contributed by atoms with E-state index in [0.717, 1.165) is 0 Å². The number of nitrogens with one attached hydrogen (secondary N) is 1. The number of aryl methyl sites for hydroxylation is 1. The summed E-state index contributed by atoms with van der Waals surface area (Å²) in [4.78, 5) is 13.3. The molecule has 0 radical (unpaired) electrons. The molecule has 6 nitrogen and oxygen atoms in total. The zero-order valence-electron chi connectivity index (χ0n) is 9.15. The predicted molar refractivity (Wildman–Crippen MR) is 53.6 cm³/mol. The van der Waals surface area contributed by atoms with Crippen LogP contribution in [0.1, 0.15) is 13.3 Å².